The first kappa shape index (κ1) is 59.6. The molecule has 0 aliphatic carbocycles. The van der Waals surface area contributed by atoms with Crippen molar-refractivity contribution in [2.24, 2.45) is 5.92 Å². The minimum atomic E-state index is -0.525. The fourth-order valence-corrected chi connectivity index (χ4v) is 7.08. The minimum absolute atomic E-state index is 0.00795. The van der Waals surface area contributed by atoms with Crippen LogP contribution >= 0.6 is 0 Å². The molecule has 364 valence electrons. The highest BCUT2D eigenvalue weighted by Crippen LogP contribution is 2.14. The van der Waals surface area contributed by atoms with Crippen molar-refractivity contribution >= 4 is 18.1 Å². The summed E-state index contributed by atoms with van der Waals surface area (Å²) in [4.78, 5) is 38.5. The topological polar surface area (TPSA) is 114 Å². The molecule has 0 fully saturated rings. The zero-order valence-corrected chi connectivity index (χ0v) is 41.0. The van der Waals surface area contributed by atoms with Gasteiger partial charge in [-0.25, -0.2) is 0 Å². The lowest BCUT2D eigenvalue weighted by atomic mass is 10.1. The zero-order chi connectivity index (χ0) is 45.4. The number of hydrogen-bond acceptors (Lipinski definition) is 9. The number of carbonyl (C=O) groups is 2. The molecule has 10 heteroatoms. The molecule has 0 bridgehead atoms. The zero-order valence-electron chi connectivity index (χ0n) is 41.0. The first-order chi connectivity index (χ1) is 30.4. The van der Waals surface area contributed by atoms with Gasteiger partial charge in [-0.1, -0.05) is 155 Å². The van der Waals surface area contributed by atoms with E-state index in [-0.39, 0.29) is 38.2 Å². The molecule has 0 spiro atoms. The van der Waals surface area contributed by atoms with Gasteiger partial charge in [-0.2, -0.15) is 0 Å². The Balaban J connectivity index is 4.92. The summed E-state index contributed by atoms with van der Waals surface area (Å²) in [6.07, 6.45) is 38.4. The van der Waals surface area contributed by atoms with E-state index in [4.69, 9.17) is 28.4 Å². The lowest BCUT2D eigenvalue weighted by molar-refractivity contribution is -0.161. The first-order valence-corrected chi connectivity index (χ1v) is 25.8. The number of ether oxygens (including phenoxy) is 6. The summed E-state index contributed by atoms with van der Waals surface area (Å²) in [6.45, 7) is 15.5. The van der Waals surface area contributed by atoms with Gasteiger partial charge in [0.25, 0.3) is 0 Å². The molecule has 0 aromatic heterocycles. The van der Waals surface area contributed by atoms with Gasteiger partial charge < -0.3 is 38.1 Å². The molecule has 0 rings (SSSR count). The summed E-state index contributed by atoms with van der Waals surface area (Å²) in [6, 6.07) is 0. The van der Waals surface area contributed by atoms with Gasteiger partial charge in [0.05, 0.1) is 12.3 Å². The molecule has 1 unspecified atom stereocenters. The van der Waals surface area contributed by atoms with Crippen LogP contribution in [0.1, 0.15) is 221 Å². The van der Waals surface area contributed by atoms with Gasteiger partial charge in [-0.3, -0.25) is 9.59 Å². The highest BCUT2D eigenvalue weighted by Gasteiger charge is 2.23. The number of unbranched alkanes of at least 4 members (excludes halogenated alkanes) is 18. The molecule has 1 N–H and O–H groups in total. The number of hydrogen-bond donors (Lipinski definition) is 0. The Hall–Kier alpha value is -2.43. The molecular formula is C52H98NO9+. The van der Waals surface area contributed by atoms with Gasteiger partial charge in [0.1, 0.15) is 13.2 Å². The van der Waals surface area contributed by atoms with Crippen LogP contribution in [0.25, 0.3) is 0 Å². The van der Waals surface area contributed by atoms with Crippen LogP contribution in [-0.2, 0) is 38.0 Å². The lowest BCUT2D eigenvalue weighted by Gasteiger charge is -2.20. The Morgan fingerprint density at radius 2 is 0.935 bits per heavy atom. The molecule has 0 radical (unpaired) electrons. The number of carbonyl (C=O) groups excluding carboxylic acids is 3. The Kier molecular flexibility index (Phi) is 46.2. The Bertz CT molecular complexity index is 1030. The van der Waals surface area contributed by atoms with Crippen LogP contribution in [0, 0.1) is 5.92 Å². The highest BCUT2D eigenvalue weighted by atomic mass is 16.7. The molecule has 0 amide bonds. The van der Waals surface area contributed by atoms with E-state index in [0.717, 1.165) is 110 Å². The molecule has 0 heterocycles. The van der Waals surface area contributed by atoms with Crippen molar-refractivity contribution in [2.45, 2.75) is 227 Å². The van der Waals surface area contributed by atoms with Crippen LogP contribution in [0.4, 0.5) is 0 Å². The second-order valence-electron chi connectivity index (χ2n) is 17.1. The molecule has 0 aromatic carbocycles. The predicted octanol–water partition coefficient (Wildman–Crippen LogP) is 13.4. The van der Waals surface area contributed by atoms with Crippen LogP contribution in [0.15, 0.2) is 24.3 Å². The number of nitrogens with zero attached hydrogens (tertiary/aromatic N) is 1. The Morgan fingerprint density at radius 1 is 0.468 bits per heavy atom. The Morgan fingerprint density at radius 3 is 1.50 bits per heavy atom. The summed E-state index contributed by atoms with van der Waals surface area (Å²) in [5, 5.41) is 0. The third-order valence-electron chi connectivity index (χ3n) is 10.8. The summed E-state index contributed by atoms with van der Waals surface area (Å²) >= 11 is 0. The van der Waals surface area contributed by atoms with Crippen molar-refractivity contribution in [2.75, 3.05) is 59.3 Å². The quantitative estimate of drug-likeness (QED) is 0.0147. The average Bonchev–Trinajstić information content (AvgIpc) is 3.27. The fourth-order valence-electron chi connectivity index (χ4n) is 7.08. The molecule has 1 atom stereocenters. The SMILES string of the molecule is CCCCC/C=C\C/C=C\CCCCCCCC(=O)OCC(COC(=O)CCC(OCCCCCCCC)OCCCCCCCC)COC(=[OH+])OCCCN(CCC)CCC. The van der Waals surface area contributed by atoms with E-state index in [1.807, 2.05) is 0 Å². The summed E-state index contributed by atoms with van der Waals surface area (Å²) < 4.78 is 34.5. The largest absolute Gasteiger partial charge is 0.712 e. The molecule has 0 aliphatic rings. The Labute approximate surface area is 381 Å². The van der Waals surface area contributed by atoms with Crippen molar-refractivity contribution in [3.63, 3.8) is 0 Å². The maximum absolute atomic E-state index is 13.0. The predicted molar refractivity (Wildman–Crippen MR) is 257 cm³/mol. The van der Waals surface area contributed by atoms with Gasteiger partial charge in [-0.15, -0.1) is 0 Å². The first-order valence-electron chi connectivity index (χ1n) is 25.8. The second-order valence-corrected chi connectivity index (χ2v) is 17.1. The second kappa shape index (κ2) is 48.0. The van der Waals surface area contributed by atoms with Gasteiger partial charge in [0, 0.05) is 39.0 Å². The van der Waals surface area contributed by atoms with Crippen LogP contribution in [0.2, 0.25) is 0 Å². The fraction of sp³-hybridized carbons (Fsp3) is 0.865. The maximum Gasteiger partial charge on any atom is 0.712 e. The summed E-state index contributed by atoms with van der Waals surface area (Å²) in [5.74, 6) is -1.14. The van der Waals surface area contributed by atoms with Gasteiger partial charge in [0.15, 0.2) is 19.5 Å². The van der Waals surface area contributed by atoms with Crippen LogP contribution in [-0.4, -0.2) is 93.4 Å². The van der Waals surface area contributed by atoms with Crippen LogP contribution in [0.5, 0.6) is 0 Å². The van der Waals surface area contributed by atoms with E-state index >= 15 is 0 Å². The molecule has 0 saturated carbocycles. The maximum atomic E-state index is 13.0. The summed E-state index contributed by atoms with van der Waals surface area (Å²) in [7, 11) is 0. The van der Waals surface area contributed by atoms with E-state index in [1.54, 1.807) is 0 Å². The molecular weight excluding hydrogens is 783 g/mol. The smallest absolute Gasteiger partial charge is 0.465 e. The van der Waals surface area contributed by atoms with E-state index < -0.39 is 18.4 Å². The van der Waals surface area contributed by atoms with Crippen molar-refractivity contribution in [3.8, 4) is 0 Å². The van der Waals surface area contributed by atoms with Crippen molar-refractivity contribution in [1.82, 2.24) is 4.90 Å². The van der Waals surface area contributed by atoms with Gasteiger partial charge >= 0.3 is 18.1 Å². The monoisotopic (exact) mass is 881 g/mol. The van der Waals surface area contributed by atoms with Crippen molar-refractivity contribution < 1.29 is 42.8 Å². The molecule has 0 saturated heterocycles. The molecule has 10 nitrogen and oxygen atoms in total. The van der Waals surface area contributed by atoms with Crippen molar-refractivity contribution in [3.05, 3.63) is 24.3 Å². The van der Waals surface area contributed by atoms with E-state index in [0.29, 0.717) is 32.7 Å². The minimum Gasteiger partial charge on any atom is -0.465 e. The lowest BCUT2D eigenvalue weighted by Crippen LogP contribution is -2.29. The number of rotatable bonds is 47. The normalized spacial score (nSPS) is 12.2. The molecule has 0 aromatic rings. The average molecular weight is 881 g/mol. The molecule has 0 aliphatic heterocycles. The van der Waals surface area contributed by atoms with E-state index in [9.17, 15) is 14.4 Å². The summed E-state index contributed by atoms with van der Waals surface area (Å²) in [5.41, 5.74) is 0. The number of allylic oxidation sites excluding steroid dienone is 4. The van der Waals surface area contributed by atoms with E-state index in [2.05, 4.69) is 63.8 Å². The third-order valence-corrected chi connectivity index (χ3v) is 10.8. The van der Waals surface area contributed by atoms with Gasteiger partial charge in [0.2, 0.25) is 0 Å². The van der Waals surface area contributed by atoms with E-state index in [1.165, 1.54) is 77.0 Å². The number of esters is 2. The van der Waals surface area contributed by atoms with Crippen LogP contribution in [0.3, 0.4) is 0 Å². The van der Waals surface area contributed by atoms with Crippen LogP contribution < -0.4 is 0 Å². The standard InChI is InChI=1S/C52H97NO9/c1-6-11-14-17-20-21-22-23-24-25-26-27-28-29-32-36-49(54)60-45-48(47-62-52(56)59-44-35-41-53(39-9-4)40-10-5)46-61-50(55)37-38-51(57-42-33-30-18-15-12-7-2)58-43-34-31-19-16-13-8-3/h20-21,23-24,48,51H,6-19,22,25-47H2,1-5H3/p+1/b21-20-,24-23-. The van der Waals surface area contributed by atoms with Gasteiger partial charge in [-0.05, 0) is 77.3 Å². The third kappa shape index (κ3) is 42.9. The highest BCUT2D eigenvalue weighted by molar-refractivity contribution is 5.69. The van der Waals surface area contributed by atoms with Crippen molar-refractivity contribution in [1.29, 1.82) is 0 Å². The molecule has 62 heavy (non-hydrogen) atoms.